The lowest BCUT2D eigenvalue weighted by atomic mass is 9.90. The number of hydrogen-bond donors (Lipinski definition) is 0. The molecule has 2 bridgehead atoms. The fourth-order valence-electron chi connectivity index (χ4n) is 2.47. The molecule has 2 aliphatic rings. The van der Waals surface area contributed by atoms with Crippen LogP contribution < -0.4 is 0 Å². The Bertz CT molecular complexity index is 316. The molecule has 3 atom stereocenters. The largest absolute Gasteiger partial charge is 0.455 e. The predicted octanol–water partition coefficient (Wildman–Crippen LogP) is 2.46. The van der Waals surface area contributed by atoms with Crippen LogP contribution in [0.5, 0.6) is 0 Å². The Kier molecular flexibility index (Phi) is 2.02. The number of rotatable bonds is 2. The highest BCUT2D eigenvalue weighted by Gasteiger charge is 2.47. The molecule has 0 aromatic rings. The molecule has 0 spiro atoms. The summed E-state index contributed by atoms with van der Waals surface area (Å²) >= 11 is 0. The second-order valence-electron chi connectivity index (χ2n) is 4.67. The maximum atomic E-state index is 11.4. The number of fused-ring (bicyclic) bond motifs is 2. The number of carbonyl (C=O) groups is 1. The molecule has 2 aliphatic carbocycles. The van der Waals surface area contributed by atoms with Gasteiger partial charge in [0, 0.05) is 11.5 Å². The van der Waals surface area contributed by atoms with Gasteiger partial charge in [-0.2, -0.15) is 0 Å². The van der Waals surface area contributed by atoms with Crippen molar-refractivity contribution in [3.8, 4) is 0 Å². The Morgan fingerprint density at radius 2 is 2.29 bits per heavy atom. The van der Waals surface area contributed by atoms with Crippen LogP contribution in [0.25, 0.3) is 0 Å². The van der Waals surface area contributed by atoms with Crippen LogP contribution in [0.2, 0.25) is 0 Å². The summed E-state index contributed by atoms with van der Waals surface area (Å²) in [6, 6.07) is 0. The van der Waals surface area contributed by atoms with Crippen LogP contribution in [0.1, 0.15) is 26.7 Å². The second-order valence-corrected chi connectivity index (χ2v) is 4.67. The van der Waals surface area contributed by atoms with E-state index in [2.05, 4.69) is 18.7 Å². The summed E-state index contributed by atoms with van der Waals surface area (Å²) in [4.78, 5) is 11.4. The van der Waals surface area contributed by atoms with Crippen molar-refractivity contribution in [2.75, 3.05) is 0 Å². The van der Waals surface area contributed by atoms with Gasteiger partial charge in [-0.25, -0.2) is 4.79 Å². The standard InChI is InChI=1S/C12H16O2/c1-8(2)11(13)14-12(3)7-9-4-5-10(12)6-9/h4-5,9-10H,1,6-7H2,2-3H3. The van der Waals surface area contributed by atoms with Gasteiger partial charge in [0.1, 0.15) is 5.60 Å². The van der Waals surface area contributed by atoms with E-state index in [1.165, 1.54) is 0 Å². The molecule has 1 fully saturated rings. The third-order valence-electron chi connectivity index (χ3n) is 3.30. The molecule has 14 heavy (non-hydrogen) atoms. The Balaban J connectivity index is 2.08. The van der Waals surface area contributed by atoms with Crippen LogP contribution in [0.15, 0.2) is 24.3 Å². The second kappa shape index (κ2) is 2.97. The van der Waals surface area contributed by atoms with Gasteiger partial charge in [-0.3, -0.25) is 0 Å². The maximum Gasteiger partial charge on any atom is 0.333 e. The van der Waals surface area contributed by atoms with Gasteiger partial charge in [-0.15, -0.1) is 0 Å². The van der Waals surface area contributed by atoms with Crippen molar-refractivity contribution in [3.63, 3.8) is 0 Å². The fraction of sp³-hybridized carbons (Fsp3) is 0.583. The summed E-state index contributed by atoms with van der Waals surface area (Å²) in [6.07, 6.45) is 6.52. The van der Waals surface area contributed by atoms with E-state index in [-0.39, 0.29) is 11.6 Å². The third kappa shape index (κ3) is 1.39. The highest BCUT2D eigenvalue weighted by atomic mass is 16.6. The highest BCUT2D eigenvalue weighted by Crippen LogP contribution is 2.48. The van der Waals surface area contributed by atoms with Crippen molar-refractivity contribution in [2.24, 2.45) is 11.8 Å². The van der Waals surface area contributed by atoms with E-state index >= 15 is 0 Å². The molecule has 0 amide bonds. The van der Waals surface area contributed by atoms with Gasteiger partial charge in [0.2, 0.25) is 0 Å². The quantitative estimate of drug-likeness (QED) is 0.381. The molecule has 3 unspecified atom stereocenters. The van der Waals surface area contributed by atoms with Gasteiger partial charge in [0.25, 0.3) is 0 Å². The Morgan fingerprint density at radius 1 is 1.57 bits per heavy atom. The van der Waals surface area contributed by atoms with Crippen molar-refractivity contribution < 1.29 is 9.53 Å². The topological polar surface area (TPSA) is 26.3 Å². The van der Waals surface area contributed by atoms with E-state index in [1.54, 1.807) is 6.92 Å². The maximum absolute atomic E-state index is 11.4. The van der Waals surface area contributed by atoms with Crippen molar-refractivity contribution in [2.45, 2.75) is 32.3 Å². The minimum Gasteiger partial charge on any atom is -0.455 e. The fourth-order valence-corrected chi connectivity index (χ4v) is 2.47. The van der Waals surface area contributed by atoms with Crippen LogP contribution in [0.4, 0.5) is 0 Å². The van der Waals surface area contributed by atoms with Crippen LogP contribution in [0.3, 0.4) is 0 Å². The normalized spacial score (nSPS) is 38.7. The average molecular weight is 192 g/mol. The zero-order valence-corrected chi connectivity index (χ0v) is 8.75. The van der Waals surface area contributed by atoms with Crippen LogP contribution in [-0.4, -0.2) is 11.6 Å². The molecule has 0 aromatic heterocycles. The van der Waals surface area contributed by atoms with Crippen molar-refractivity contribution in [1.29, 1.82) is 0 Å². The molecule has 76 valence electrons. The smallest absolute Gasteiger partial charge is 0.333 e. The van der Waals surface area contributed by atoms with Gasteiger partial charge in [0.05, 0.1) is 0 Å². The molecule has 0 N–H and O–H groups in total. The first kappa shape index (κ1) is 9.50. The number of allylic oxidation sites excluding steroid dienone is 1. The summed E-state index contributed by atoms with van der Waals surface area (Å²) in [6.45, 7) is 7.32. The van der Waals surface area contributed by atoms with Crippen molar-refractivity contribution in [1.82, 2.24) is 0 Å². The van der Waals surface area contributed by atoms with E-state index in [4.69, 9.17) is 4.74 Å². The summed E-state index contributed by atoms with van der Waals surface area (Å²) in [7, 11) is 0. The molecule has 2 nitrogen and oxygen atoms in total. The SMILES string of the molecule is C=C(C)C(=O)OC1(C)CC2C=CC1C2. The first-order valence-corrected chi connectivity index (χ1v) is 5.08. The van der Waals surface area contributed by atoms with Gasteiger partial charge in [-0.1, -0.05) is 18.7 Å². The molecular formula is C12H16O2. The van der Waals surface area contributed by atoms with Gasteiger partial charge in [0.15, 0.2) is 0 Å². The number of carbonyl (C=O) groups excluding carboxylic acids is 1. The first-order valence-electron chi connectivity index (χ1n) is 5.08. The van der Waals surface area contributed by atoms with Gasteiger partial charge >= 0.3 is 5.97 Å². The molecule has 0 radical (unpaired) electrons. The lowest BCUT2D eigenvalue weighted by Gasteiger charge is -2.31. The van der Waals surface area contributed by atoms with Crippen LogP contribution >= 0.6 is 0 Å². The van der Waals surface area contributed by atoms with Crippen molar-refractivity contribution in [3.05, 3.63) is 24.3 Å². The lowest BCUT2D eigenvalue weighted by molar-refractivity contribution is -0.155. The van der Waals surface area contributed by atoms with E-state index in [9.17, 15) is 4.79 Å². The molecule has 0 aliphatic heterocycles. The first-order chi connectivity index (χ1) is 6.51. The number of ether oxygens (including phenoxy) is 1. The van der Waals surface area contributed by atoms with Gasteiger partial charge < -0.3 is 4.74 Å². The third-order valence-corrected chi connectivity index (χ3v) is 3.30. The average Bonchev–Trinajstić information content (AvgIpc) is 2.62. The summed E-state index contributed by atoms with van der Waals surface area (Å²) < 4.78 is 5.50. The van der Waals surface area contributed by atoms with Crippen LogP contribution in [-0.2, 0) is 9.53 Å². The van der Waals surface area contributed by atoms with Crippen LogP contribution in [0, 0.1) is 11.8 Å². The van der Waals surface area contributed by atoms with E-state index in [0.717, 1.165) is 12.8 Å². The Morgan fingerprint density at radius 3 is 2.71 bits per heavy atom. The number of hydrogen-bond acceptors (Lipinski definition) is 2. The Hall–Kier alpha value is -1.05. The van der Waals surface area contributed by atoms with E-state index < -0.39 is 0 Å². The number of esters is 1. The zero-order chi connectivity index (χ0) is 10.3. The summed E-state index contributed by atoms with van der Waals surface area (Å²) in [5.41, 5.74) is 0.202. The molecule has 0 saturated heterocycles. The Labute approximate surface area is 84.6 Å². The zero-order valence-electron chi connectivity index (χ0n) is 8.75. The van der Waals surface area contributed by atoms with Crippen molar-refractivity contribution >= 4 is 5.97 Å². The van der Waals surface area contributed by atoms with Gasteiger partial charge in [-0.05, 0) is 32.6 Å². The van der Waals surface area contributed by atoms with E-state index in [0.29, 0.717) is 17.4 Å². The minimum absolute atomic E-state index is 0.256. The minimum atomic E-state index is -0.282. The monoisotopic (exact) mass is 192 g/mol. The molecule has 1 saturated carbocycles. The molecule has 0 heterocycles. The molecule has 2 rings (SSSR count). The summed E-state index contributed by atoms with van der Waals surface area (Å²) in [5.74, 6) is 0.771. The lowest BCUT2D eigenvalue weighted by Crippen LogP contribution is -2.36. The molecule has 0 aromatic carbocycles. The predicted molar refractivity (Wildman–Crippen MR) is 54.7 cm³/mol. The summed E-state index contributed by atoms with van der Waals surface area (Å²) in [5, 5.41) is 0. The highest BCUT2D eigenvalue weighted by molar-refractivity contribution is 5.87. The molecule has 2 heteroatoms. The van der Waals surface area contributed by atoms with E-state index in [1.807, 2.05) is 6.92 Å². The molecular weight excluding hydrogens is 176 g/mol.